The Bertz CT molecular complexity index is 1030. The highest BCUT2D eigenvalue weighted by Gasteiger charge is 2.02. The van der Waals surface area contributed by atoms with Crippen LogP contribution in [0.4, 0.5) is 0 Å². The maximum atomic E-state index is 5.81. The van der Waals surface area contributed by atoms with Gasteiger partial charge in [0, 0.05) is 41.7 Å². The molecule has 0 bridgehead atoms. The molecule has 0 saturated carbocycles. The molecular formula is C23H21BrN4O. The lowest BCUT2D eigenvalue weighted by atomic mass is 10.2. The second-order valence-corrected chi connectivity index (χ2v) is 7.58. The normalized spacial score (nSPS) is 10.8. The van der Waals surface area contributed by atoms with E-state index in [0.717, 1.165) is 40.1 Å². The summed E-state index contributed by atoms with van der Waals surface area (Å²) in [5.41, 5.74) is 4.50. The number of hydrogen-bond donors (Lipinski definition) is 1. The van der Waals surface area contributed by atoms with Gasteiger partial charge in [0.15, 0.2) is 0 Å². The molecule has 0 aliphatic carbocycles. The predicted molar refractivity (Wildman–Crippen MR) is 117 cm³/mol. The molecule has 0 aliphatic rings. The van der Waals surface area contributed by atoms with Crippen LogP contribution in [0.5, 0.6) is 5.75 Å². The lowest BCUT2D eigenvalue weighted by molar-refractivity contribution is 0.306. The van der Waals surface area contributed by atoms with Crippen LogP contribution in [-0.4, -0.2) is 14.8 Å². The lowest BCUT2D eigenvalue weighted by Crippen LogP contribution is -2.12. The van der Waals surface area contributed by atoms with Gasteiger partial charge in [-0.15, -0.1) is 0 Å². The minimum atomic E-state index is 0.544. The highest BCUT2D eigenvalue weighted by molar-refractivity contribution is 9.10. The minimum absolute atomic E-state index is 0.544. The fourth-order valence-corrected chi connectivity index (χ4v) is 3.15. The molecule has 146 valence electrons. The van der Waals surface area contributed by atoms with Crippen LogP contribution in [0.25, 0.3) is 5.69 Å². The molecule has 0 saturated heterocycles. The van der Waals surface area contributed by atoms with Gasteiger partial charge >= 0.3 is 0 Å². The van der Waals surface area contributed by atoms with Crippen molar-refractivity contribution < 1.29 is 4.74 Å². The monoisotopic (exact) mass is 448 g/mol. The summed E-state index contributed by atoms with van der Waals surface area (Å²) in [6.45, 7) is 2.09. The standard InChI is InChI=1S/C23H21BrN4O/c24-21-3-5-22(6-4-21)28-16-20(15-27-28)14-26-13-18-1-7-23(8-2-18)29-17-19-9-11-25-12-10-19/h1-12,15-16,26H,13-14,17H2. The summed E-state index contributed by atoms with van der Waals surface area (Å²) in [7, 11) is 0. The Morgan fingerprint density at radius 1 is 0.828 bits per heavy atom. The van der Waals surface area contributed by atoms with Crippen LogP contribution >= 0.6 is 15.9 Å². The fourth-order valence-electron chi connectivity index (χ4n) is 2.89. The summed E-state index contributed by atoms with van der Waals surface area (Å²) >= 11 is 3.45. The van der Waals surface area contributed by atoms with Crippen molar-refractivity contribution in [1.82, 2.24) is 20.1 Å². The van der Waals surface area contributed by atoms with Gasteiger partial charge in [-0.05, 0) is 59.7 Å². The third-order valence-electron chi connectivity index (χ3n) is 4.46. The van der Waals surface area contributed by atoms with Crippen molar-refractivity contribution >= 4 is 15.9 Å². The average Bonchev–Trinajstić information content (AvgIpc) is 3.23. The molecule has 0 spiro atoms. The first-order valence-electron chi connectivity index (χ1n) is 9.37. The fraction of sp³-hybridized carbons (Fsp3) is 0.130. The third kappa shape index (κ3) is 5.53. The van der Waals surface area contributed by atoms with Gasteiger partial charge in [-0.25, -0.2) is 4.68 Å². The van der Waals surface area contributed by atoms with Crippen LogP contribution in [0.15, 0.2) is 89.9 Å². The molecule has 0 radical (unpaired) electrons. The molecule has 0 atom stereocenters. The van der Waals surface area contributed by atoms with E-state index in [-0.39, 0.29) is 0 Å². The summed E-state index contributed by atoms with van der Waals surface area (Å²) < 4.78 is 8.76. The van der Waals surface area contributed by atoms with Crippen LogP contribution in [-0.2, 0) is 19.7 Å². The topological polar surface area (TPSA) is 52.0 Å². The number of rotatable bonds is 8. The van der Waals surface area contributed by atoms with E-state index in [1.165, 1.54) is 5.56 Å². The van der Waals surface area contributed by atoms with Crippen molar-refractivity contribution in [3.8, 4) is 11.4 Å². The van der Waals surface area contributed by atoms with Gasteiger partial charge in [0.2, 0.25) is 0 Å². The van der Waals surface area contributed by atoms with Gasteiger partial charge in [0.05, 0.1) is 11.9 Å². The minimum Gasteiger partial charge on any atom is -0.489 e. The van der Waals surface area contributed by atoms with Crippen LogP contribution in [0.2, 0.25) is 0 Å². The van der Waals surface area contributed by atoms with Crippen molar-refractivity contribution in [3.63, 3.8) is 0 Å². The molecule has 0 fully saturated rings. The summed E-state index contributed by atoms with van der Waals surface area (Å²) in [6, 6.07) is 20.2. The Hall–Kier alpha value is -2.96. The van der Waals surface area contributed by atoms with E-state index in [4.69, 9.17) is 4.74 Å². The molecule has 2 aromatic carbocycles. The van der Waals surface area contributed by atoms with E-state index < -0.39 is 0 Å². The van der Waals surface area contributed by atoms with E-state index in [0.29, 0.717) is 6.61 Å². The molecule has 29 heavy (non-hydrogen) atoms. The van der Waals surface area contributed by atoms with Crippen LogP contribution in [0.3, 0.4) is 0 Å². The molecule has 4 aromatic rings. The van der Waals surface area contributed by atoms with Crippen molar-refractivity contribution in [3.05, 3.63) is 107 Å². The van der Waals surface area contributed by atoms with E-state index in [2.05, 4.69) is 43.5 Å². The average molecular weight is 449 g/mol. The van der Waals surface area contributed by atoms with Gasteiger partial charge in [-0.1, -0.05) is 28.1 Å². The lowest BCUT2D eigenvalue weighted by Gasteiger charge is -2.08. The largest absolute Gasteiger partial charge is 0.489 e. The van der Waals surface area contributed by atoms with E-state index >= 15 is 0 Å². The second kappa shape index (κ2) is 9.49. The number of aromatic nitrogens is 3. The van der Waals surface area contributed by atoms with Gasteiger partial charge in [0.1, 0.15) is 12.4 Å². The quantitative estimate of drug-likeness (QED) is 0.416. The van der Waals surface area contributed by atoms with Gasteiger partial charge < -0.3 is 10.1 Å². The summed E-state index contributed by atoms with van der Waals surface area (Å²) in [5.74, 6) is 0.862. The number of pyridine rings is 1. The van der Waals surface area contributed by atoms with Crippen LogP contribution < -0.4 is 10.1 Å². The number of hydrogen-bond acceptors (Lipinski definition) is 4. The second-order valence-electron chi connectivity index (χ2n) is 6.66. The van der Waals surface area contributed by atoms with Crippen molar-refractivity contribution in [2.24, 2.45) is 0 Å². The number of nitrogens with zero attached hydrogens (tertiary/aromatic N) is 3. The van der Waals surface area contributed by atoms with Gasteiger partial charge in [0.25, 0.3) is 0 Å². The Labute approximate surface area is 178 Å². The molecule has 0 amide bonds. The third-order valence-corrected chi connectivity index (χ3v) is 4.99. The van der Waals surface area contributed by atoms with Crippen molar-refractivity contribution in [2.45, 2.75) is 19.7 Å². The first kappa shape index (κ1) is 19.4. The SMILES string of the molecule is Brc1ccc(-n2cc(CNCc3ccc(OCc4ccncc4)cc3)cn2)cc1. The summed E-state index contributed by atoms with van der Waals surface area (Å²) in [6.07, 6.45) is 7.49. The molecule has 4 rings (SSSR count). The van der Waals surface area contributed by atoms with Crippen molar-refractivity contribution in [2.75, 3.05) is 0 Å². The van der Waals surface area contributed by atoms with E-state index in [9.17, 15) is 0 Å². The smallest absolute Gasteiger partial charge is 0.119 e. The molecule has 6 heteroatoms. The highest BCUT2D eigenvalue weighted by Crippen LogP contribution is 2.15. The first-order chi connectivity index (χ1) is 14.3. The maximum absolute atomic E-state index is 5.81. The zero-order chi connectivity index (χ0) is 19.9. The molecular weight excluding hydrogens is 428 g/mol. The number of halogens is 1. The predicted octanol–water partition coefficient (Wildman–Crippen LogP) is 4.90. The highest BCUT2D eigenvalue weighted by atomic mass is 79.9. The molecule has 5 nitrogen and oxygen atoms in total. The Morgan fingerprint density at radius 2 is 1.55 bits per heavy atom. The first-order valence-corrected chi connectivity index (χ1v) is 10.2. The van der Waals surface area contributed by atoms with Crippen LogP contribution in [0, 0.1) is 0 Å². The number of benzene rings is 2. The van der Waals surface area contributed by atoms with E-state index in [1.807, 2.05) is 65.6 Å². The number of nitrogens with one attached hydrogen (secondary N) is 1. The molecule has 1 N–H and O–H groups in total. The Kier molecular flexibility index (Phi) is 6.34. The Morgan fingerprint density at radius 3 is 2.31 bits per heavy atom. The molecule has 0 unspecified atom stereocenters. The zero-order valence-electron chi connectivity index (χ0n) is 15.8. The summed E-state index contributed by atoms with van der Waals surface area (Å²) in [4.78, 5) is 4.01. The molecule has 2 aromatic heterocycles. The number of ether oxygens (including phenoxy) is 1. The molecule has 2 heterocycles. The maximum Gasteiger partial charge on any atom is 0.119 e. The Balaban J connectivity index is 1.25. The van der Waals surface area contributed by atoms with Crippen LogP contribution in [0.1, 0.15) is 16.7 Å². The van der Waals surface area contributed by atoms with Gasteiger partial charge in [-0.3, -0.25) is 4.98 Å². The molecule has 0 aliphatic heterocycles. The van der Waals surface area contributed by atoms with Crippen molar-refractivity contribution in [1.29, 1.82) is 0 Å². The van der Waals surface area contributed by atoms with Gasteiger partial charge in [-0.2, -0.15) is 5.10 Å². The summed E-state index contributed by atoms with van der Waals surface area (Å²) in [5, 5.41) is 7.90. The zero-order valence-corrected chi connectivity index (χ0v) is 17.4. The van der Waals surface area contributed by atoms with E-state index in [1.54, 1.807) is 12.4 Å².